The second-order valence-electron chi connectivity index (χ2n) is 5.84. The molecule has 0 saturated carbocycles. The first-order valence-corrected chi connectivity index (χ1v) is 7.07. The molecule has 0 saturated heterocycles. The van der Waals surface area contributed by atoms with Gasteiger partial charge in [-0.05, 0) is 48.1 Å². The van der Waals surface area contributed by atoms with Crippen LogP contribution in [0.2, 0.25) is 0 Å². The Labute approximate surface area is 123 Å². The molecule has 21 heavy (non-hydrogen) atoms. The zero-order valence-corrected chi connectivity index (χ0v) is 12.6. The zero-order valence-electron chi connectivity index (χ0n) is 12.6. The van der Waals surface area contributed by atoms with Crippen LogP contribution < -0.4 is 5.56 Å². The maximum Gasteiger partial charge on any atom is 0.319 e. The molecule has 5 heteroatoms. The lowest BCUT2D eigenvalue weighted by Crippen LogP contribution is -2.42. The number of fused-ring (bicyclic) bond motifs is 2. The number of nitrogens with zero attached hydrogens (tertiary/aromatic N) is 2. The van der Waals surface area contributed by atoms with Crippen LogP contribution in [0.4, 0.5) is 4.79 Å². The van der Waals surface area contributed by atoms with E-state index in [4.69, 9.17) is 0 Å². The van der Waals surface area contributed by atoms with E-state index in [1.165, 1.54) is 5.56 Å². The molecular weight excluding hydrogens is 266 g/mol. The second kappa shape index (κ2) is 4.91. The Bertz CT molecular complexity index is 777. The SMILES string of the molecule is Cc1cc2cc3c(cc2[nH]c1=O)CN(C(=O)N(C)C)CC3. The van der Waals surface area contributed by atoms with Crippen LogP contribution >= 0.6 is 0 Å². The molecule has 0 aliphatic carbocycles. The molecular formula is C16H19N3O2. The van der Waals surface area contributed by atoms with Gasteiger partial charge in [0, 0.05) is 38.3 Å². The number of aryl methyl sites for hydroxylation is 1. The largest absolute Gasteiger partial charge is 0.331 e. The number of nitrogens with one attached hydrogen (secondary N) is 1. The molecule has 0 bridgehead atoms. The lowest BCUT2D eigenvalue weighted by Gasteiger charge is -2.31. The standard InChI is InChI=1S/C16H19N3O2/c1-10-6-12-7-11-4-5-19(16(21)18(2)3)9-13(11)8-14(12)17-15(10)20/h6-8H,4-5,9H2,1-3H3,(H,17,20). The molecule has 2 aromatic rings. The highest BCUT2D eigenvalue weighted by Gasteiger charge is 2.22. The second-order valence-corrected chi connectivity index (χ2v) is 5.84. The van der Waals surface area contributed by atoms with E-state index < -0.39 is 0 Å². The van der Waals surface area contributed by atoms with Crippen molar-refractivity contribution in [1.82, 2.24) is 14.8 Å². The third-order valence-electron chi connectivity index (χ3n) is 4.02. The lowest BCUT2D eigenvalue weighted by molar-refractivity contribution is 0.165. The molecule has 1 aromatic carbocycles. The van der Waals surface area contributed by atoms with E-state index in [2.05, 4.69) is 11.1 Å². The average molecular weight is 285 g/mol. The van der Waals surface area contributed by atoms with Gasteiger partial charge in [0.25, 0.3) is 5.56 Å². The minimum Gasteiger partial charge on any atom is -0.331 e. The van der Waals surface area contributed by atoms with Gasteiger partial charge in [0.2, 0.25) is 0 Å². The highest BCUT2D eigenvalue weighted by molar-refractivity contribution is 5.81. The number of urea groups is 1. The number of aromatic amines is 1. The van der Waals surface area contributed by atoms with E-state index in [-0.39, 0.29) is 11.6 Å². The Morgan fingerprint density at radius 1 is 1.24 bits per heavy atom. The number of carbonyl (C=O) groups excluding carboxylic acids is 1. The van der Waals surface area contributed by atoms with E-state index in [9.17, 15) is 9.59 Å². The van der Waals surface area contributed by atoms with E-state index in [0.29, 0.717) is 6.54 Å². The fraction of sp³-hybridized carbons (Fsp3) is 0.375. The summed E-state index contributed by atoms with van der Waals surface area (Å²) < 4.78 is 0. The highest BCUT2D eigenvalue weighted by Crippen LogP contribution is 2.24. The van der Waals surface area contributed by atoms with Gasteiger partial charge in [-0.2, -0.15) is 0 Å². The summed E-state index contributed by atoms with van der Waals surface area (Å²) in [5, 5.41) is 1.05. The molecule has 110 valence electrons. The van der Waals surface area contributed by atoms with Gasteiger partial charge in [-0.1, -0.05) is 0 Å². The Kier molecular flexibility index (Phi) is 3.20. The van der Waals surface area contributed by atoms with Crippen molar-refractivity contribution >= 4 is 16.9 Å². The molecule has 0 atom stereocenters. The summed E-state index contributed by atoms with van der Waals surface area (Å²) in [4.78, 5) is 30.1. The average Bonchev–Trinajstić information content (AvgIpc) is 2.45. The molecule has 2 amide bonds. The molecule has 5 nitrogen and oxygen atoms in total. The molecule has 3 rings (SSSR count). The van der Waals surface area contributed by atoms with Crippen molar-refractivity contribution in [3.05, 3.63) is 45.2 Å². The zero-order chi connectivity index (χ0) is 15.1. The van der Waals surface area contributed by atoms with Crippen molar-refractivity contribution in [3.63, 3.8) is 0 Å². The number of amides is 2. The first kappa shape index (κ1) is 13.7. The van der Waals surface area contributed by atoms with Crippen molar-refractivity contribution in [2.75, 3.05) is 20.6 Å². The quantitative estimate of drug-likeness (QED) is 0.803. The Balaban J connectivity index is 2.02. The molecule has 1 N–H and O–H groups in total. The lowest BCUT2D eigenvalue weighted by atomic mass is 9.97. The van der Waals surface area contributed by atoms with E-state index in [1.807, 2.05) is 24.0 Å². The summed E-state index contributed by atoms with van der Waals surface area (Å²) in [5.41, 5.74) is 3.88. The number of carbonyl (C=O) groups is 1. The van der Waals surface area contributed by atoms with Gasteiger partial charge in [-0.25, -0.2) is 4.79 Å². The summed E-state index contributed by atoms with van der Waals surface area (Å²) in [6.45, 7) is 3.14. The van der Waals surface area contributed by atoms with Crippen LogP contribution in [-0.4, -0.2) is 41.5 Å². The highest BCUT2D eigenvalue weighted by atomic mass is 16.2. The van der Waals surface area contributed by atoms with Gasteiger partial charge >= 0.3 is 6.03 Å². The topological polar surface area (TPSA) is 56.4 Å². The van der Waals surface area contributed by atoms with Crippen molar-refractivity contribution in [1.29, 1.82) is 0 Å². The fourth-order valence-electron chi connectivity index (χ4n) is 2.82. The van der Waals surface area contributed by atoms with Gasteiger partial charge < -0.3 is 14.8 Å². The van der Waals surface area contributed by atoms with Crippen LogP contribution in [0.25, 0.3) is 10.9 Å². The maximum absolute atomic E-state index is 12.1. The first-order chi connectivity index (χ1) is 9.95. The molecule has 1 aliphatic rings. The van der Waals surface area contributed by atoms with Crippen molar-refractivity contribution in [2.45, 2.75) is 19.9 Å². The van der Waals surface area contributed by atoms with Crippen LogP contribution in [-0.2, 0) is 13.0 Å². The van der Waals surface area contributed by atoms with E-state index in [0.717, 1.165) is 35.0 Å². The molecule has 1 aliphatic heterocycles. The Morgan fingerprint density at radius 3 is 2.71 bits per heavy atom. The predicted molar refractivity (Wildman–Crippen MR) is 82.5 cm³/mol. The molecule has 0 radical (unpaired) electrons. The minimum absolute atomic E-state index is 0.0261. The van der Waals surface area contributed by atoms with Crippen molar-refractivity contribution in [2.24, 2.45) is 0 Å². The number of aromatic nitrogens is 1. The van der Waals surface area contributed by atoms with Crippen LogP contribution in [0.5, 0.6) is 0 Å². The fourth-order valence-corrected chi connectivity index (χ4v) is 2.82. The van der Waals surface area contributed by atoms with Crippen LogP contribution in [0, 0.1) is 6.92 Å². The monoisotopic (exact) mass is 285 g/mol. The summed E-state index contributed by atoms with van der Waals surface area (Å²) in [6, 6.07) is 6.08. The number of H-pyrrole nitrogens is 1. The summed E-state index contributed by atoms with van der Waals surface area (Å²) in [7, 11) is 3.52. The van der Waals surface area contributed by atoms with Crippen LogP contribution in [0.15, 0.2) is 23.0 Å². The van der Waals surface area contributed by atoms with Gasteiger partial charge in [-0.15, -0.1) is 0 Å². The number of rotatable bonds is 0. The molecule has 1 aromatic heterocycles. The van der Waals surface area contributed by atoms with Crippen LogP contribution in [0.1, 0.15) is 16.7 Å². The molecule has 0 fully saturated rings. The van der Waals surface area contributed by atoms with Crippen molar-refractivity contribution in [3.8, 4) is 0 Å². The summed E-state index contributed by atoms with van der Waals surface area (Å²) in [6.07, 6.45) is 0.850. The van der Waals surface area contributed by atoms with Gasteiger partial charge in [0.1, 0.15) is 0 Å². The van der Waals surface area contributed by atoms with Gasteiger partial charge in [0.05, 0.1) is 0 Å². The summed E-state index contributed by atoms with van der Waals surface area (Å²) in [5.74, 6) is 0. The van der Waals surface area contributed by atoms with Crippen LogP contribution in [0.3, 0.4) is 0 Å². The number of hydrogen-bond donors (Lipinski definition) is 1. The first-order valence-electron chi connectivity index (χ1n) is 7.07. The maximum atomic E-state index is 12.1. The van der Waals surface area contributed by atoms with Crippen molar-refractivity contribution < 1.29 is 4.79 Å². The molecule has 2 heterocycles. The predicted octanol–water partition coefficient (Wildman–Crippen LogP) is 1.88. The third-order valence-corrected chi connectivity index (χ3v) is 4.02. The minimum atomic E-state index is -0.0560. The third kappa shape index (κ3) is 2.39. The number of benzene rings is 1. The summed E-state index contributed by atoms with van der Waals surface area (Å²) >= 11 is 0. The Morgan fingerprint density at radius 2 is 2.00 bits per heavy atom. The van der Waals surface area contributed by atoms with E-state index in [1.54, 1.807) is 19.0 Å². The van der Waals surface area contributed by atoms with E-state index >= 15 is 0 Å². The Hall–Kier alpha value is -2.30. The smallest absolute Gasteiger partial charge is 0.319 e. The molecule has 0 spiro atoms. The molecule has 0 unspecified atom stereocenters. The number of hydrogen-bond acceptors (Lipinski definition) is 2. The normalized spacial score (nSPS) is 14.1. The van der Waals surface area contributed by atoms with Gasteiger partial charge in [0.15, 0.2) is 0 Å². The van der Waals surface area contributed by atoms with Gasteiger partial charge in [-0.3, -0.25) is 4.79 Å². The number of pyridine rings is 1.